The molecular formula is C14H23N5. The summed E-state index contributed by atoms with van der Waals surface area (Å²) in [5.41, 5.74) is 0.409. The molecule has 0 aromatic carbocycles. The van der Waals surface area contributed by atoms with E-state index in [0.717, 1.165) is 39.1 Å². The van der Waals surface area contributed by atoms with Gasteiger partial charge in [0.1, 0.15) is 6.07 Å². The number of hydrogen-bond acceptors (Lipinski definition) is 5. The highest BCUT2D eigenvalue weighted by atomic mass is 15.2. The number of rotatable bonds is 8. The van der Waals surface area contributed by atoms with Gasteiger partial charge in [-0.3, -0.25) is 0 Å². The van der Waals surface area contributed by atoms with Crippen molar-refractivity contribution in [1.82, 2.24) is 14.9 Å². The Morgan fingerprint density at radius 1 is 1.05 bits per heavy atom. The quantitative estimate of drug-likeness (QED) is 0.715. The first-order valence-electron chi connectivity index (χ1n) is 6.95. The third-order valence-corrected chi connectivity index (χ3v) is 3.26. The molecule has 0 fully saturated rings. The van der Waals surface area contributed by atoms with Gasteiger partial charge < -0.3 is 9.80 Å². The Kier molecular flexibility index (Phi) is 6.83. The molecule has 5 nitrogen and oxygen atoms in total. The van der Waals surface area contributed by atoms with E-state index in [-0.39, 0.29) is 0 Å². The van der Waals surface area contributed by atoms with Crippen LogP contribution in [0.25, 0.3) is 0 Å². The summed E-state index contributed by atoms with van der Waals surface area (Å²) in [6.07, 6.45) is 4.27. The second-order valence-corrected chi connectivity index (χ2v) is 4.30. The van der Waals surface area contributed by atoms with E-state index >= 15 is 0 Å². The Hall–Kier alpha value is -1.67. The number of anilines is 1. The van der Waals surface area contributed by atoms with Gasteiger partial charge in [-0.2, -0.15) is 5.26 Å². The van der Waals surface area contributed by atoms with E-state index in [1.807, 2.05) is 0 Å². The largest absolute Gasteiger partial charge is 0.354 e. The maximum atomic E-state index is 9.07. The summed E-state index contributed by atoms with van der Waals surface area (Å²) in [5.74, 6) is 0.701. The van der Waals surface area contributed by atoms with E-state index in [9.17, 15) is 0 Å². The zero-order valence-corrected chi connectivity index (χ0v) is 12.1. The Labute approximate surface area is 115 Å². The van der Waals surface area contributed by atoms with Gasteiger partial charge in [-0.25, -0.2) is 9.97 Å². The first-order chi connectivity index (χ1) is 9.26. The summed E-state index contributed by atoms with van der Waals surface area (Å²) in [6.45, 7) is 11.4. The molecule has 1 aromatic rings. The number of nitriles is 1. The van der Waals surface area contributed by atoms with Crippen LogP contribution in [0.4, 0.5) is 5.82 Å². The molecule has 5 heteroatoms. The summed E-state index contributed by atoms with van der Waals surface area (Å²) in [6, 6.07) is 2.11. The van der Waals surface area contributed by atoms with Gasteiger partial charge in [-0.1, -0.05) is 13.8 Å². The van der Waals surface area contributed by atoms with Gasteiger partial charge in [0.15, 0.2) is 11.5 Å². The molecule has 0 N–H and O–H groups in total. The normalized spacial score (nSPS) is 10.5. The van der Waals surface area contributed by atoms with Crippen LogP contribution in [0, 0.1) is 11.3 Å². The molecule has 19 heavy (non-hydrogen) atoms. The topological polar surface area (TPSA) is 56.1 Å². The lowest BCUT2D eigenvalue weighted by Gasteiger charge is -2.24. The Balaban J connectivity index is 2.61. The molecule has 0 radical (unpaired) electrons. The van der Waals surface area contributed by atoms with Crippen molar-refractivity contribution in [3.63, 3.8) is 0 Å². The van der Waals surface area contributed by atoms with Crippen molar-refractivity contribution in [2.24, 2.45) is 0 Å². The van der Waals surface area contributed by atoms with E-state index in [0.29, 0.717) is 11.5 Å². The first kappa shape index (κ1) is 15.4. The van der Waals surface area contributed by atoms with Crippen LogP contribution >= 0.6 is 0 Å². The SMILES string of the molecule is CCN(CC)CCCN(CC)c1nccnc1C#N. The maximum Gasteiger partial charge on any atom is 0.183 e. The summed E-state index contributed by atoms with van der Waals surface area (Å²) >= 11 is 0. The smallest absolute Gasteiger partial charge is 0.183 e. The molecule has 104 valence electrons. The fraction of sp³-hybridized carbons (Fsp3) is 0.643. The van der Waals surface area contributed by atoms with E-state index in [4.69, 9.17) is 5.26 Å². The van der Waals surface area contributed by atoms with Crippen LogP contribution in [0.15, 0.2) is 12.4 Å². The molecule has 0 spiro atoms. The second-order valence-electron chi connectivity index (χ2n) is 4.30. The van der Waals surface area contributed by atoms with Gasteiger partial charge in [0.25, 0.3) is 0 Å². The molecular weight excluding hydrogens is 238 g/mol. The molecule has 0 aliphatic heterocycles. The molecule has 0 aliphatic rings. The van der Waals surface area contributed by atoms with Crippen LogP contribution in [-0.4, -0.2) is 47.6 Å². The number of nitrogens with zero attached hydrogens (tertiary/aromatic N) is 5. The van der Waals surface area contributed by atoms with Crippen LogP contribution in [0.2, 0.25) is 0 Å². The summed E-state index contributed by atoms with van der Waals surface area (Å²) < 4.78 is 0. The summed E-state index contributed by atoms with van der Waals surface area (Å²) in [7, 11) is 0. The monoisotopic (exact) mass is 261 g/mol. The highest BCUT2D eigenvalue weighted by Gasteiger charge is 2.12. The average Bonchev–Trinajstić information content (AvgIpc) is 2.48. The van der Waals surface area contributed by atoms with Crippen molar-refractivity contribution in [3.8, 4) is 6.07 Å². The van der Waals surface area contributed by atoms with E-state index in [2.05, 4.69) is 46.6 Å². The molecule has 1 heterocycles. The fourth-order valence-electron chi connectivity index (χ4n) is 2.08. The Bertz CT molecular complexity index is 409. The van der Waals surface area contributed by atoms with Crippen LogP contribution in [0.5, 0.6) is 0 Å². The van der Waals surface area contributed by atoms with Crippen molar-refractivity contribution in [1.29, 1.82) is 5.26 Å². The summed E-state index contributed by atoms with van der Waals surface area (Å²) in [4.78, 5) is 12.9. The van der Waals surface area contributed by atoms with E-state index in [1.165, 1.54) is 0 Å². The van der Waals surface area contributed by atoms with Crippen molar-refractivity contribution in [3.05, 3.63) is 18.1 Å². The molecule has 0 aliphatic carbocycles. The molecule has 1 aromatic heterocycles. The minimum absolute atomic E-state index is 0.409. The van der Waals surface area contributed by atoms with Crippen molar-refractivity contribution in [2.75, 3.05) is 37.6 Å². The summed E-state index contributed by atoms with van der Waals surface area (Å²) in [5, 5.41) is 9.07. The van der Waals surface area contributed by atoms with Gasteiger partial charge in [0, 0.05) is 25.5 Å². The van der Waals surface area contributed by atoms with E-state index in [1.54, 1.807) is 12.4 Å². The lowest BCUT2D eigenvalue weighted by molar-refractivity contribution is 0.300. The molecule has 0 amide bonds. The highest BCUT2D eigenvalue weighted by molar-refractivity contribution is 5.49. The first-order valence-corrected chi connectivity index (χ1v) is 6.95. The van der Waals surface area contributed by atoms with Gasteiger partial charge in [-0.15, -0.1) is 0 Å². The molecule has 0 atom stereocenters. The lowest BCUT2D eigenvalue weighted by atomic mass is 10.3. The van der Waals surface area contributed by atoms with Crippen molar-refractivity contribution < 1.29 is 0 Å². The minimum Gasteiger partial charge on any atom is -0.354 e. The van der Waals surface area contributed by atoms with Crippen LogP contribution in [-0.2, 0) is 0 Å². The third kappa shape index (κ3) is 4.49. The molecule has 0 saturated heterocycles. The molecule has 0 unspecified atom stereocenters. The average molecular weight is 261 g/mol. The fourth-order valence-corrected chi connectivity index (χ4v) is 2.08. The molecule has 1 rings (SSSR count). The second kappa shape index (κ2) is 8.44. The van der Waals surface area contributed by atoms with Gasteiger partial charge in [0.2, 0.25) is 0 Å². The highest BCUT2D eigenvalue weighted by Crippen LogP contribution is 2.13. The van der Waals surface area contributed by atoms with Gasteiger partial charge in [-0.05, 0) is 33.0 Å². The van der Waals surface area contributed by atoms with Gasteiger partial charge >= 0.3 is 0 Å². The maximum absolute atomic E-state index is 9.07. The molecule has 0 bridgehead atoms. The van der Waals surface area contributed by atoms with Crippen molar-refractivity contribution in [2.45, 2.75) is 27.2 Å². The Morgan fingerprint density at radius 2 is 1.74 bits per heavy atom. The third-order valence-electron chi connectivity index (χ3n) is 3.26. The Morgan fingerprint density at radius 3 is 2.32 bits per heavy atom. The minimum atomic E-state index is 0.409. The van der Waals surface area contributed by atoms with Crippen LogP contribution in [0.1, 0.15) is 32.9 Å². The number of hydrogen-bond donors (Lipinski definition) is 0. The standard InChI is InChI=1S/C14H23N5/c1-4-18(5-2)10-7-11-19(6-3)14-13(12-15)16-8-9-17-14/h8-9H,4-7,10-11H2,1-3H3. The zero-order valence-electron chi connectivity index (χ0n) is 12.1. The predicted octanol–water partition coefficient (Wildman–Crippen LogP) is 1.91. The van der Waals surface area contributed by atoms with Crippen LogP contribution < -0.4 is 4.90 Å². The lowest BCUT2D eigenvalue weighted by Crippen LogP contribution is -2.31. The van der Waals surface area contributed by atoms with Crippen LogP contribution in [0.3, 0.4) is 0 Å². The predicted molar refractivity (Wildman–Crippen MR) is 77.0 cm³/mol. The number of aromatic nitrogens is 2. The van der Waals surface area contributed by atoms with Gasteiger partial charge in [0.05, 0.1) is 0 Å². The molecule has 0 saturated carbocycles. The van der Waals surface area contributed by atoms with Crippen molar-refractivity contribution >= 4 is 5.82 Å². The zero-order chi connectivity index (χ0) is 14.1. The van der Waals surface area contributed by atoms with E-state index < -0.39 is 0 Å².